The molecule has 0 radical (unpaired) electrons. The summed E-state index contributed by atoms with van der Waals surface area (Å²) in [6.07, 6.45) is 2.67. The molecular formula is C16H19N3OS. The molecule has 0 spiro atoms. The number of methoxy groups -OCH3 is 1. The molecule has 2 aromatic rings. The van der Waals surface area contributed by atoms with E-state index >= 15 is 0 Å². The Labute approximate surface area is 130 Å². The van der Waals surface area contributed by atoms with Crippen molar-refractivity contribution < 1.29 is 4.74 Å². The van der Waals surface area contributed by atoms with Gasteiger partial charge in [-0.3, -0.25) is 5.43 Å². The number of hydrogen-bond donors (Lipinski definition) is 2. The van der Waals surface area contributed by atoms with Crippen LogP contribution < -0.4 is 10.7 Å². The monoisotopic (exact) mass is 301 g/mol. The van der Waals surface area contributed by atoms with E-state index in [9.17, 15) is 0 Å². The van der Waals surface area contributed by atoms with Crippen LogP contribution in [0.1, 0.15) is 12.0 Å². The quantitative estimate of drug-likeness (QED) is 0.373. The Bertz CT molecular complexity index is 628. The van der Waals surface area contributed by atoms with Crippen molar-refractivity contribution in [2.75, 3.05) is 20.3 Å². The minimum atomic E-state index is 0.517. The van der Waals surface area contributed by atoms with Crippen LogP contribution in [0.25, 0.3) is 10.8 Å². The summed E-state index contributed by atoms with van der Waals surface area (Å²) in [5, 5.41) is 10.1. The summed E-state index contributed by atoms with van der Waals surface area (Å²) in [4.78, 5) is 0. The van der Waals surface area contributed by atoms with Gasteiger partial charge in [-0.1, -0.05) is 36.4 Å². The van der Waals surface area contributed by atoms with Crippen molar-refractivity contribution in [3.8, 4) is 0 Å². The maximum Gasteiger partial charge on any atom is 0.186 e. The number of thiocarbonyl (C=S) groups is 1. The predicted octanol–water partition coefficient (Wildman–Crippen LogP) is 2.67. The molecule has 0 aliphatic heterocycles. The van der Waals surface area contributed by atoms with Gasteiger partial charge in [0, 0.05) is 20.3 Å². The van der Waals surface area contributed by atoms with Crippen molar-refractivity contribution in [1.82, 2.24) is 10.7 Å². The lowest BCUT2D eigenvalue weighted by molar-refractivity contribution is 0.195. The first-order valence-corrected chi connectivity index (χ1v) is 7.25. The third-order valence-electron chi connectivity index (χ3n) is 2.96. The van der Waals surface area contributed by atoms with Gasteiger partial charge in [0.05, 0.1) is 6.21 Å². The van der Waals surface area contributed by atoms with Gasteiger partial charge in [0.25, 0.3) is 0 Å². The van der Waals surface area contributed by atoms with Crippen LogP contribution in [0.5, 0.6) is 0 Å². The van der Waals surface area contributed by atoms with Crippen molar-refractivity contribution in [3.63, 3.8) is 0 Å². The van der Waals surface area contributed by atoms with Gasteiger partial charge in [0.1, 0.15) is 0 Å². The first-order valence-electron chi connectivity index (χ1n) is 6.84. The Morgan fingerprint density at radius 3 is 2.86 bits per heavy atom. The van der Waals surface area contributed by atoms with Crippen LogP contribution in [0.3, 0.4) is 0 Å². The van der Waals surface area contributed by atoms with Crippen LogP contribution in [0.2, 0.25) is 0 Å². The van der Waals surface area contributed by atoms with E-state index in [1.165, 1.54) is 10.8 Å². The van der Waals surface area contributed by atoms with E-state index in [4.69, 9.17) is 17.0 Å². The molecule has 4 nitrogen and oxygen atoms in total. The minimum Gasteiger partial charge on any atom is -0.385 e. The normalized spacial score (nSPS) is 10.9. The average molecular weight is 301 g/mol. The standard InChI is InChI=1S/C16H19N3OS/c1-20-10-4-9-17-16(21)19-18-12-13-7-8-14-5-2-3-6-15(14)11-13/h2-3,5-8,11-12H,4,9-10H2,1H3,(H2,17,19,21)/b18-12-. The zero-order chi connectivity index (χ0) is 14.9. The van der Waals surface area contributed by atoms with Gasteiger partial charge < -0.3 is 10.1 Å². The van der Waals surface area contributed by atoms with Crippen LogP contribution in [0.4, 0.5) is 0 Å². The molecule has 2 N–H and O–H groups in total. The zero-order valence-electron chi connectivity index (χ0n) is 12.0. The van der Waals surface area contributed by atoms with Crippen LogP contribution in [-0.2, 0) is 4.74 Å². The Balaban J connectivity index is 1.83. The van der Waals surface area contributed by atoms with E-state index in [2.05, 4.69) is 40.1 Å². The third kappa shape index (κ3) is 5.13. The Morgan fingerprint density at radius 2 is 2.05 bits per heavy atom. The summed E-state index contributed by atoms with van der Waals surface area (Å²) in [7, 11) is 1.68. The second kappa shape index (κ2) is 8.34. The summed E-state index contributed by atoms with van der Waals surface area (Å²) in [6, 6.07) is 14.4. The Morgan fingerprint density at radius 1 is 1.24 bits per heavy atom. The van der Waals surface area contributed by atoms with Crippen molar-refractivity contribution >= 4 is 34.3 Å². The largest absolute Gasteiger partial charge is 0.385 e. The lowest BCUT2D eigenvalue weighted by atomic mass is 10.1. The predicted molar refractivity (Wildman–Crippen MR) is 91.8 cm³/mol. The number of nitrogens with zero attached hydrogens (tertiary/aromatic N) is 1. The van der Waals surface area contributed by atoms with Crippen LogP contribution in [0, 0.1) is 0 Å². The zero-order valence-corrected chi connectivity index (χ0v) is 12.8. The molecule has 2 aromatic carbocycles. The molecule has 0 aliphatic carbocycles. The molecule has 0 bridgehead atoms. The summed E-state index contributed by atoms with van der Waals surface area (Å²) < 4.78 is 4.96. The summed E-state index contributed by atoms with van der Waals surface area (Å²) >= 11 is 5.12. The maximum absolute atomic E-state index is 5.12. The van der Waals surface area contributed by atoms with E-state index in [1.54, 1.807) is 13.3 Å². The molecule has 0 amide bonds. The van der Waals surface area contributed by atoms with Gasteiger partial charge in [-0.2, -0.15) is 5.10 Å². The first kappa shape index (κ1) is 15.4. The number of rotatable bonds is 6. The maximum atomic E-state index is 5.12. The third-order valence-corrected chi connectivity index (χ3v) is 3.20. The van der Waals surface area contributed by atoms with Crippen molar-refractivity contribution in [3.05, 3.63) is 48.0 Å². The van der Waals surface area contributed by atoms with Gasteiger partial charge in [-0.25, -0.2) is 0 Å². The summed E-state index contributed by atoms with van der Waals surface area (Å²) in [6.45, 7) is 1.49. The van der Waals surface area contributed by atoms with Gasteiger partial charge in [-0.05, 0) is 41.0 Å². The van der Waals surface area contributed by atoms with E-state index in [-0.39, 0.29) is 0 Å². The highest BCUT2D eigenvalue weighted by molar-refractivity contribution is 7.80. The second-order valence-electron chi connectivity index (χ2n) is 4.58. The highest BCUT2D eigenvalue weighted by atomic mass is 32.1. The summed E-state index contributed by atoms with van der Waals surface area (Å²) in [5.41, 5.74) is 3.84. The van der Waals surface area contributed by atoms with Gasteiger partial charge in [0.2, 0.25) is 0 Å². The van der Waals surface area contributed by atoms with Gasteiger partial charge >= 0.3 is 0 Å². The lowest BCUT2D eigenvalue weighted by Crippen LogP contribution is -2.33. The number of benzene rings is 2. The van der Waals surface area contributed by atoms with Crippen molar-refractivity contribution in [1.29, 1.82) is 0 Å². The topological polar surface area (TPSA) is 45.6 Å². The number of hydrazone groups is 1. The average Bonchev–Trinajstić information content (AvgIpc) is 2.51. The molecule has 0 saturated heterocycles. The molecule has 2 rings (SSSR count). The van der Waals surface area contributed by atoms with Crippen LogP contribution >= 0.6 is 12.2 Å². The van der Waals surface area contributed by atoms with Gasteiger partial charge in [0.15, 0.2) is 5.11 Å². The number of hydrogen-bond acceptors (Lipinski definition) is 3. The summed E-state index contributed by atoms with van der Waals surface area (Å²) in [5.74, 6) is 0. The number of nitrogens with one attached hydrogen (secondary N) is 2. The van der Waals surface area contributed by atoms with E-state index in [0.29, 0.717) is 5.11 Å². The Hall–Kier alpha value is -1.98. The second-order valence-corrected chi connectivity index (χ2v) is 4.99. The molecule has 0 fully saturated rings. The fourth-order valence-corrected chi connectivity index (χ4v) is 2.07. The lowest BCUT2D eigenvalue weighted by Gasteiger charge is -2.06. The van der Waals surface area contributed by atoms with Crippen LogP contribution in [-0.4, -0.2) is 31.6 Å². The SMILES string of the molecule is COCCCNC(=S)N/N=C\c1ccc2ccccc2c1. The molecule has 0 saturated carbocycles. The molecule has 110 valence electrons. The fourth-order valence-electron chi connectivity index (χ4n) is 1.91. The Kier molecular flexibility index (Phi) is 6.12. The highest BCUT2D eigenvalue weighted by Gasteiger charge is 1.94. The highest BCUT2D eigenvalue weighted by Crippen LogP contribution is 2.14. The molecule has 0 unspecified atom stereocenters. The molecule has 0 atom stereocenters. The molecular weight excluding hydrogens is 282 g/mol. The molecule has 0 aromatic heterocycles. The fraction of sp³-hybridized carbons (Fsp3) is 0.250. The van der Waals surface area contributed by atoms with Crippen molar-refractivity contribution in [2.24, 2.45) is 5.10 Å². The molecule has 0 heterocycles. The van der Waals surface area contributed by atoms with E-state index in [1.807, 2.05) is 18.2 Å². The van der Waals surface area contributed by atoms with Crippen molar-refractivity contribution in [2.45, 2.75) is 6.42 Å². The number of fused-ring (bicyclic) bond motifs is 1. The van der Waals surface area contributed by atoms with E-state index < -0.39 is 0 Å². The van der Waals surface area contributed by atoms with E-state index in [0.717, 1.165) is 25.1 Å². The molecule has 5 heteroatoms. The number of ether oxygens (including phenoxy) is 1. The molecule has 0 aliphatic rings. The first-order chi connectivity index (χ1) is 10.3. The minimum absolute atomic E-state index is 0.517. The molecule has 21 heavy (non-hydrogen) atoms. The smallest absolute Gasteiger partial charge is 0.186 e. The van der Waals surface area contributed by atoms with Gasteiger partial charge in [-0.15, -0.1) is 0 Å². The van der Waals surface area contributed by atoms with Crippen LogP contribution in [0.15, 0.2) is 47.6 Å².